The summed E-state index contributed by atoms with van der Waals surface area (Å²) in [5.41, 5.74) is 8.58. The SMILES string of the molecule is Nc1csc2c1CCCCCCCCCC2. The largest absolute Gasteiger partial charge is 0.398 e. The third-order valence-electron chi connectivity index (χ3n) is 3.59. The standard InChI is InChI=1S/C14H23NS/c15-13-11-16-14-10-8-6-4-2-1-3-5-7-9-12(13)14/h11H,1-10,15H2. The van der Waals surface area contributed by atoms with E-state index < -0.39 is 0 Å². The van der Waals surface area contributed by atoms with E-state index in [1.165, 1.54) is 69.8 Å². The summed E-state index contributed by atoms with van der Waals surface area (Å²) in [6.07, 6.45) is 13.7. The highest BCUT2D eigenvalue weighted by atomic mass is 32.1. The lowest BCUT2D eigenvalue weighted by Gasteiger charge is -2.08. The first-order chi connectivity index (χ1) is 7.88. The van der Waals surface area contributed by atoms with E-state index in [4.69, 9.17) is 5.73 Å². The zero-order valence-electron chi connectivity index (χ0n) is 10.1. The molecule has 1 aliphatic rings. The van der Waals surface area contributed by atoms with E-state index in [-0.39, 0.29) is 0 Å². The van der Waals surface area contributed by atoms with Crippen molar-refractivity contribution in [2.75, 3.05) is 5.73 Å². The number of nitrogens with two attached hydrogens (primary N) is 1. The van der Waals surface area contributed by atoms with Gasteiger partial charge in [-0.05, 0) is 31.2 Å². The van der Waals surface area contributed by atoms with Crippen LogP contribution in [0.1, 0.15) is 61.8 Å². The van der Waals surface area contributed by atoms with Gasteiger partial charge in [-0.15, -0.1) is 11.3 Å². The van der Waals surface area contributed by atoms with Crippen LogP contribution in [0.2, 0.25) is 0 Å². The van der Waals surface area contributed by atoms with Gasteiger partial charge in [0.05, 0.1) is 0 Å². The topological polar surface area (TPSA) is 26.0 Å². The highest BCUT2D eigenvalue weighted by Crippen LogP contribution is 2.29. The maximum atomic E-state index is 6.05. The van der Waals surface area contributed by atoms with Crippen molar-refractivity contribution in [3.05, 3.63) is 15.8 Å². The molecule has 0 aliphatic heterocycles. The Labute approximate surface area is 103 Å². The molecule has 90 valence electrons. The number of anilines is 1. The molecule has 0 saturated carbocycles. The van der Waals surface area contributed by atoms with Crippen molar-refractivity contribution < 1.29 is 0 Å². The third-order valence-corrected chi connectivity index (χ3v) is 4.70. The number of thiophene rings is 1. The summed E-state index contributed by atoms with van der Waals surface area (Å²) < 4.78 is 0. The summed E-state index contributed by atoms with van der Waals surface area (Å²) in [5.74, 6) is 0. The van der Waals surface area contributed by atoms with Gasteiger partial charge in [0.25, 0.3) is 0 Å². The second-order valence-electron chi connectivity index (χ2n) is 4.92. The van der Waals surface area contributed by atoms with Gasteiger partial charge in [-0.1, -0.05) is 38.5 Å². The van der Waals surface area contributed by atoms with Crippen LogP contribution in [0, 0.1) is 0 Å². The fraction of sp³-hybridized carbons (Fsp3) is 0.714. The van der Waals surface area contributed by atoms with Crippen LogP contribution in [0.4, 0.5) is 5.69 Å². The van der Waals surface area contributed by atoms with E-state index in [2.05, 4.69) is 5.38 Å². The number of rotatable bonds is 0. The molecule has 0 fully saturated rings. The molecule has 0 saturated heterocycles. The van der Waals surface area contributed by atoms with Gasteiger partial charge in [-0.2, -0.15) is 0 Å². The smallest absolute Gasteiger partial charge is 0.0458 e. The lowest BCUT2D eigenvalue weighted by Crippen LogP contribution is -1.96. The molecule has 0 radical (unpaired) electrons. The van der Waals surface area contributed by atoms with E-state index in [0.717, 1.165) is 5.69 Å². The fourth-order valence-electron chi connectivity index (χ4n) is 2.58. The van der Waals surface area contributed by atoms with E-state index in [0.29, 0.717) is 0 Å². The Morgan fingerprint density at radius 3 is 2.06 bits per heavy atom. The van der Waals surface area contributed by atoms with Crippen LogP contribution in [0.5, 0.6) is 0 Å². The van der Waals surface area contributed by atoms with Crippen molar-refractivity contribution in [1.82, 2.24) is 0 Å². The van der Waals surface area contributed by atoms with Gasteiger partial charge < -0.3 is 5.73 Å². The van der Waals surface area contributed by atoms with E-state index in [1.54, 1.807) is 4.88 Å². The second-order valence-corrected chi connectivity index (χ2v) is 5.89. The van der Waals surface area contributed by atoms with Gasteiger partial charge in [-0.25, -0.2) is 0 Å². The molecule has 0 spiro atoms. The van der Waals surface area contributed by atoms with Crippen LogP contribution >= 0.6 is 11.3 Å². The number of fused-ring (bicyclic) bond motifs is 1. The summed E-state index contributed by atoms with van der Waals surface area (Å²) >= 11 is 1.88. The van der Waals surface area contributed by atoms with Crippen LogP contribution in [0.25, 0.3) is 0 Å². The van der Waals surface area contributed by atoms with Gasteiger partial charge in [0, 0.05) is 15.9 Å². The minimum atomic E-state index is 1.05. The molecule has 1 aromatic rings. The maximum Gasteiger partial charge on any atom is 0.0458 e. The summed E-state index contributed by atoms with van der Waals surface area (Å²) in [6, 6.07) is 0. The molecule has 1 aromatic heterocycles. The molecule has 1 nitrogen and oxygen atoms in total. The Morgan fingerprint density at radius 1 is 0.812 bits per heavy atom. The van der Waals surface area contributed by atoms with Crippen LogP contribution in [-0.4, -0.2) is 0 Å². The molecular formula is C14H23NS. The molecule has 16 heavy (non-hydrogen) atoms. The summed E-state index contributed by atoms with van der Waals surface area (Å²) in [7, 11) is 0. The lowest BCUT2D eigenvalue weighted by atomic mass is 10.00. The Balaban J connectivity index is 2.00. The van der Waals surface area contributed by atoms with Crippen molar-refractivity contribution in [2.24, 2.45) is 0 Å². The predicted molar refractivity (Wildman–Crippen MR) is 73.1 cm³/mol. The van der Waals surface area contributed by atoms with Crippen LogP contribution in [0.15, 0.2) is 5.38 Å². The first kappa shape index (κ1) is 12.0. The zero-order chi connectivity index (χ0) is 11.2. The quantitative estimate of drug-likeness (QED) is 0.704. The Hall–Kier alpha value is -0.500. The number of hydrogen-bond donors (Lipinski definition) is 1. The number of nitrogen functional groups attached to an aromatic ring is 1. The van der Waals surface area contributed by atoms with Crippen molar-refractivity contribution >= 4 is 17.0 Å². The second kappa shape index (κ2) is 6.29. The summed E-state index contributed by atoms with van der Waals surface area (Å²) in [4.78, 5) is 1.57. The highest BCUT2D eigenvalue weighted by molar-refractivity contribution is 7.10. The molecular weight excluding hydrogens is 214 g/mol. The van der Waals surface area contributed by atoms with Crippen LogP contribution in [0.3, 0.4) is 0 Å². The molecule has 0 atom stereocenters. The third kappa shape index (κ3) is 3.24. The van der Waals surface area contributed by atoms with Crippen LogP contribution < -0.4 is 5.73 Å². The normalized spacial score (nSPS) is 19.5. The predicted octanol–water partition coefficient (Wildman–Crippen LogP) is 4.55. The monoisotopic (exact) mass is 237 g/mol. The van der Waals surface area contributed by atoms with Crippen molar-refractivity contribution in [2.45, 2.75) is 64.2 Å². The first-order valence-electron chi connectivity index (χ1n) is 6.72. The van der Waals surface area contributed by atoms with Gasteiger partial charge in [0.15, 0.2) is 0 Å². The van der Waals surface area contributed by atoms with E-state index >= 15 is 0 Å². The van der Waals surface area contributed by atoms with E-state index in [1.807, 2.05) is 11.3 Å². The fourth-order valence-corrected chi connectivity index (χ4v) is 3.62. The average molecular weight is 237 g/mol. The molecule has 2 heteroatoms. The minimum Gasteiger partial charge on any atom is -0.398 e. The zero-order valence-corrected chi connectivity index (χ0v) is 11.0. The molecule has 2 N–H and O–H groups in total. The average Bonchev–Trinajstić information content (AvgIpc) is 2.60. The molecule has 0 amide bonds. The molecule has 0 unspecified atom stereocenters. The Kier molecular flexibility index (Phi) is 4.70. The van der Waals surface area contributed by atoms with Gasteiger partial charge in [-0.3, -0.25) is 0 Å². The van der Waals surface area contributed by atoms with Gasteiger partial charge >= 0.3 is 0 Å². The minimum absolute atomic E-state index is 1.05. The number of aryl methyl sites for hydroxylation is 1. The van der Waals surface area contributed by atoms with Crippen molar-refractivity contribution in [3.8, 4) is 0 Å². The van der Waals surface area contributed by atoms with Crippen molar-refractivity contribution in [1.29, 1.82) is 0 Å². The molecule has 0 bridgehead atoms. The van der Waals surface area contributed by atoms with E-state index in [9.17, 15) is 0 Å². The highest BCUT2D eigenvalue weighted by Gasteiger charge is 2.09. The Bertz CT molecular complexity index is 317. The first-order valence-corrected chi connectivity index (χ1v) is 7.60. The molecule has 1 heterocycles. The number of hydrogen-bond acceptors (Lipinski definition) is 2. The molecule has 0 aromatic carbocycles. The summed E-state index contributed by atoms with van der Waals surface area (Å²) in [6.45, 7) is 0. The summed E-state index contributed by atoms with van der Waals surface area (Å²) in [5, 5.41) is 2.14. The maximum absolute atomic E-state index is 6.05. The molecule has 1 aliphatic carbocycles. The van der Waals surface area contributed by atoms with Crippen molar-refractivity contribution in [3.63, 3.8) is 0 Å². The van der Waals surface area contributed by atoms with Gasteiger partial charge in [0.1, 0.15) is 0 Å². The molecule has 2 rings (SSSR count). The van der Waals surface area contributed by atoms with Gasteiger partial charge in [0.2, 0.25) is 0 Å². The van der Waals surface area contributed by atoms with Crippen LogP contribution in [-0.2, 0) is 12.8 Å². The lowest BCUT2D eigenvalue weighted by molar-refractivity contribution is 0.561. The Morgan fingerprint density at radius 2 is 1.38 bits per heavy atom.